The van der Waals surface area contributed by atoms with Crippen LogP contribution < -0.4 is 4.74 Å². The summed E-state index contributed by atoms with van der Waals surface area (Å²) in [6.45, 7) is 9.97. The predicted molar refractivity (Wildman–Crippen MR) is 91.9 cm³/mol. The molecule has 5 nitrogen and oxygen atoms in total. The number of piperazine rings is 1. The largest absolute Gasteiger partial charge is 0.497 e. The number of methoxy groups -OCH3 is 1. The molecule has 130 valence electrons. The molecule has 0 amide bonds. The molecule has 5 heteroatoms. The fourth-order valence-electron chi connectivity index (χ4n) is 3.05. The molecule has 0 unspecified atom stereocenters. The van der Waals surface area contributed by atoms with Gasteiger partial charge in [0.15, 0.2) is 0 Å². The van der Waals surface area contributed by atoms with Gasteiger partial charge in [-0.1, -0.05) is 12.1 Å². The van der Waals surface area contributed by atoms with Crippen LogP contribution in [-0.2, 0) is 4.74 Å². The first-order valence-electron chi connectivity index (χ1n) is 8.50. The van der Waals surface area contributed by atoms with Crippen molar-refractivity contribution < 1.29 is 14.6 Å². The summed E-state index contributed by atoms with van der Waals surface area (Å²) in [5, 5.41) is 9.95. The second kappa shape index (κ2) is 9.23. The number of ether oxygens (including phenoxy) is 2. The molecule has 0 aliphatic carbocycles. The highest BCUT2D eigenvalue weighted by Gasteiger charge is 2.23. The highest BCUT2D eigenvalue weighted by Crippen LogP contribution is 2.24. The Kier molecular flexibility index (Phi) is 7.30. The molecule has 23 heavy (non-hydrogen) atoms. The smallest absolute Gasteiger partial charge is 0.119 e. The quantitative estimate of drug-likeness (QED) is 0.790. The van der Waals surface area contributed by atoms with Gasteiger partial charge in [0.25, 0.3) is 0 Å². The fourth-order valence-corrected chi connectivity index (χ4v) is 3.05. The Morgan fingerprint density at radius 1 is 1.22 bits per heavy atom. The lowest BCUT2D eigenvalue weighted by atomic mass is 10.1. The number of aliphatic hydroxyl groups is 1. The first-order chi connectivity index (χ1) is 11.1. The van der Waals surface area contributed by atoms with Crippen molar-refractivity contribution >= 4 is 0 Å². The zero-order valence-electron chi connectivity index (χ0n) is 14.6. The summed E-state index contributed by atoms with van der Waals surface area (Å²) >= 11 is 0. The van der Waals surface area contributed by atoms with Crippen molar-refractivity contribution in [2.45, 2.75) is 26.0 Å². The third kappa shape index (κ3) is 5.46. The minimum Gasteiger partial charge on any atom is -0.497 e. The van der Waals surface area contributed by atoms with E-state index >= 15 is 0 Å². The molecule has 0 saturated carbocycles. The Morgan fingerprint density at radius 2 is 1.96 bits per heavy atom. The average Bonchev–Trinajstić information content (AvgIpc) is 2.60. The molecule has 1 aromatic rings. The highest BCUT2D eigenvalue weighted by molar-refractivity contribution is 5.30. The van der Waals surface area contributed by atoms with E-state index in [2.05, 4.69) is 28.9 Å². The Labute approximate surface area is 139 Å². The predicted octanol–water partition coefficient (Wildman–Crippen LogP) is 1.77. The molecule has 1 aromatic carbocycles. The third-order valence-electron chi connectivity index (χ3n) is 4.51. The van der Waals surface area contributed by atoms with Crippen LogP contribution in [0.15, 0.2) is 24.3 Å². The van der Waals surface area contributed by atoms with Crippen LogP contribution in [0.2, 0.25) is 0 Å². The summed E-state index contributed by atoms with van der Waals surface area (Å²) in [6.07, 6.45) is -0.391. The van der Waals surface area contributed by atoms with Gasteiger partial charge >= 0.3 is 0 Å². The lowest BCUT2D eigenvalue weighted by Gasteiger charge is -2.38. The minimum absolute atomic E-state index is 0.376. The Morgan fingerprint density at radius 3 is 2.61 bits per heavy atom. The van der Waals surface area contributed by atoms with Crippen LogP contribution in [0, 0.1) is 0 Å². The summed E-state index contributed by atoms with van der Waals surface area (Å²) < 4.78 is 10.6. The van der Waals surface area contributed by atoms with Gasteiger partial charge in [0.1, 0.15) is 5.75 Å². The van der Waals surface area contributed by atoms with Crippen LogP contribution in [0.25, 0.3) is 0 Å². The molecule has 2 rings (SSSR count). The van der Waals surface area contributed by atoms with E-state index in [0.29, 0.717) is 25.8 Å². The number of aliphatic hydroxyl groups excluding tert-OH is 1. The lowest BCUT2D eigenvalue weighted by molar-refractivity contribution is 0.00723. The molecule has 0 bridgehead atoms. The number of β-amino-alcohol motifs (C(OH)–C–C–N with tert-alkyl or cyclic N) is 1. The molecule has 1 N–H and O–H groups in total. The molecule has 1 aliphatic rings. The third-order valence-corrected chi connectivity index (χ3v) is 4.51. The first-order valence-corrected chi connectivity index (χ1v) is 8.50. The van der Waals surface area contributed by atoms with Gasteiger partial charge in [-0.05, 0) is 31.5 Å². The minimum atomic E-state index is -0.391. The maximum atomic E-state index is 9.95. The molecule has 1 fully saturated rings. The number of nitrogens with zero attached hydrogens (tertiary/aromatic N) is 2. The molecule has 0 spiro atoms. The summed E-state index contributed by atoms with van der Waals surface area (Å²) in [5.74, 6) is 0.909. The van der Waals surface area contributed by atoms with E-state index in [9.17, 15) is 5.11 Å². The van der Waals surface area contributed by atoms with Crippen molar-refractivity contribution in [2.75, 3.05) is 53.0 Å². The number of hydrogen-bond donors (Lipinski definition) is 1. The normalized spacial score (nSPS) is 19.5. The Bertz CT molecular complexity index is 461. The second-order valence-corrected chi connectivity index (χ2v) is 6.10. The van der Waals surface area contributed by atoms with Crippen LogP contribution in [0.4, 0.5) is 0 Å². The van der Waals surface area contributed by atoms with E-state index in [1.165, 1.54) is 5.56 Å². The van der Waals surface area contributed by atoms with Crippen LogP contribution in [-0.4, -0.2) is 74.1 Å². The zero-order chi connectivity index (χ0) is 16.7. The maximum Gasteiger partial charge on any atom is 0.119 e. The second-order valence-electron chi connectivity index (χ2n) is 6.10. The molecule has 1 aliphatic heterocycles. The molecule has 0 aromatic heterocycles. The molecule has 2 atom stereocenters. The van der Waals surface area contributed by atoms with Crippen LogP contribution >= 0.6 is 0 Å². The van der Waals surface area contributed by atoms with E-state index in [0.717, 1.165) is 31.9 Å². The Balaban J connectivity index is 1.81. The topological polar surface area (TPSA) is 45.2 Å². The summed E-state index contributed by atoms with van der Waals surface area (Å²) in [5.41, 5.74) is 1.29. The van der Waals surface area contributed by atoms with Crippen molar-refractivity contribution in [3.05, 3.63) is 29.8 Å². The van der Waals surface area contributed by atoms with Gasteiger partial charge in [-0.15, -0.1) is 0 Å². The van der Waals surface area contributed by atoms with Crippen LogP contribution in [0.1, 0.15) is 25.5 Å². The van der Waals surface area contributed by atoms with Gasteiger partial charge in [0.05, 0.1) is 19.8 Å². The standard InChI is InChI=1S/C18H30N2O3/c1-4-23-14-17(21)13-19-8-10-20(11-9-19)15(2)16-6-5-7-18(12-16)22-3/h5-7,12,15,17,21H,4,8-11,13-14H2,1-3H3/t15-,17+/m1/s1. The van der Waals surface area contributed by atoms with Gasteiger partial charge < -0.3 is 14.6 Å². The van der Waals surface area contributed by atoms with E-state index in [-0.39, 0.29) is 0 Å². The molecule has 0 radical (unpaired) electrons. The van der Waals surface area contributed by atoms with E-state index in [4.69, 9.17) is 9.47 Å². The summed E-state index contributed by atoms with van der Waals surface area (Å²) in [6, 6.07) is 8.67. The van der Waals surface area contributed by atoms with Crippen molar-refractivity contribution in [1.82, 2.24) is 9.80 Å². The van der Waals surface area contributed by atoms with Gasteiger partial charge in [-0.2, -0.15) is 0 Å². The van der Waals surface area contributed by atoms with E-state index in [1.54, 1.807) is 7.11 Å². The maximum absolute atomic E-state index is 9.95. The van der Waals surface area contributed by atoms with Crippen molar-refractivity contribution in [3.8, 4) is 5.75 Å². The molecule has 1 heterocycles. The van der Waals surface area contributed by atoms with Gasteiger partial charge in [0, 0.05) is 45.4 Å². The van der Waals surface area contributed by atoms with Crippen LogP contribution in [0.5, 0.6) is 5.75 Å². The Hall–Kier alpha value is -1.14. The number of benzene rings is 1. The van der Waals surface area contributed by atoms with Crippen molar-refractivity contribution in [3.63, 3.8) is 0 Å². The fraction of sp³-hybridized carbons (Fsp3) is 0.667. The molecular weight excluding hydrogens is 292 g/mol. The van der Waals surface area contributed by atoms with Gasteiger partial charge in [0.2, 0.25) is 0 Å². The highest BCUT2D eigenvalue weighted by atomic mass is 16.5. The first kappa shape index (κ1) is 18.2. The SMILES string of the molecule is CCOC[C@@H](O)CN1CCN([C@H](C)c2cccc(OC)c2)CC1. The summed E-state index contributed by atoms with van der Waals surface area (Å²) in [7, 11) is 1.70. The van der Waals surface area contributed by atoms with E-state index < -0.39 is 6.10 Å². The van der Waals surface area contributed by atoms with Gasteiger partial charge in [-0.25, -0.2) is 0 Å². The number of rotatable bonds is 8. The molecule has 1 saturated heterocycles. The average molecular weight is 322 g/mol. The lowest BCUT2D eigenvalue weighted by Crippen LogP contribution is -2.49. The number of hydrogen-bond acceptors (Lipinski definition) is 5. The summed E-state index contributed by atoms with van der Waals surface area (Å²) in [4.78, 5) is 4.80. The van der Waals surface area contributed by atoms with Crippen molar-refractivity contribution in [2.24, 2.45) is 0 Å². The van der Waals surface area contributed by atoms with E-state index in [1.807, 2.05) is 19.1 Å². The van der Waals surface area contributed by atoms with Gasteiger partial charge in [-0.3, -0.25) is 9.80 Å². The van der Waals surface area contributed by atoms with Crippen LogP contribution in [0.3, 0.4) is 0 Å². The zero-order valence-corrected chi connectivity index (χ0v) is 14.6. The monoisotopic (exact) mass is 322 g/mol. The van der Waals surface area contributed by atoms with Crippen molar-refractivity contribution in [1.29, 1.82) is 0 Å². The molecular formula is C18H30N2O3.